The SMILES string of the molecule is CCCCCC(C(=O)NCNC(=O)c1ccc(-c2ccc(C(=O)N[C@@H](CC(=O)O)C(=O)O)c(OCC)c2)o1)C(CC)N(C=O)OC(=O)c1ccc(OC)cc1F. The molecule has 0 aliphatic rings. The molecule has 0 aliphatic carbocycles. The maximum atomic E-state index is 14.6. The van der Waals surface area contributed by atoms with Gasteiger partial charge in [0, 0.05) is 11.6 Å². The summed E-state index contributed by atoms with van der Waals surface area (Å²) in [5, 5.41) is 26.3. The molecule has 3 atom stereocenters. The molecule has 4 amide bonds. The van der Waals surface area contributed by atoms with Gasteiger partial charge in [-0.15, -0.1) is 0 Å². The highest BCUT2D eigenvalue weighted by Crippen LogP contribution is 2.30. The van der Waals surface area contributed by atoms with E-state index < -0.39 is 71.4 Å². The zero-order valence-corrected chi connectivity index (χ0v) is 31.3. The zero-order chi connectivity index (χ0) is 41.4. The molecule has 2 aromatic carbocycles. The summed E-state index contributed by atoms with van der Waals surface area (Å²) in [6.07, 6.45) is 2.12. The van der Waals surface area contributed by atoms with Crippen LogP contribution in [0.2, 0.25) is 0 Å². The van der Waals surface area contributed by atoms with E-state index in [1.165, 1.54) is 43.5 Å². The van der Waals surface area contributed by atoms with Gasteiger partial charge in [-0.3, -0.25) is 24.0 Å². The number of hydrogen-bond acceptors (Lipinski definition) is 11. The Morgan fingerprint density at radius 3 is 2.27 bits per heavy atom. The standard InChI is InChI=1S/C38H45FN4O13/c1-5-8-9-10-25(29(6-2)43(21-44)56-38(52)24-14-12-23(53-4)18-27(24)39)34(47)40-20-41-36(49)31-16-15-30(55-31)22-11-13-26(32(17-22)54-7-3)35(48)42-28(37(50)51)19-33(45)46/h11-18,21,25,28-29H,5-10,19-20H2,1-4H3,(H,40,47)(H,41,49)(H,42,48)(H,45,46)(H,50,51)/t25?,28-,29?/m0/s1. The molecule has 302 valence electrons. The van der Waals surface area contributed by atoms with Crippen LogP contribution in [0.5, 0.6) is 11.5 Å². The Labute approximate surface area is 321 Å². The quantitative estimate of drug-likeness (QED) is 0.0393. The molecule has 0 saturated heterocycles. The van der Waals surface area contributed by atoms with Crippen molar-refractivity contribution in [1.29, 1.82) is 0 Å². The third kappa shape index (κ3) is 12.0. The second-order valence-electron chi connectivity index (χ2n) is 12.3. The minimum Gasteiger partial charge on any atom is -0.497 e. The van der Waals surface area contributed by atoms with Crippen molar-refractivity contribution in [2.75, 3.05) is 20.4 Å². The average molecular weight is 785 g/mol. The van der Waals surface area contributed by atoms with Crippen molar-refractivity contribution >= 4 is 42.0 Å². The Morgan fingerprint density at radius 2 is 1.66 bits per heavy atom. The average Bonchev–Trinajstić information content (AvgIpc) is 3.67. The van der Waals surface area contributed by atoms with Gasteiger partial charge >= 0.3 is 17.9 Å². The molecule has 2 unspecified atom stereocenters. The molecule has 1 aromatic heterocycles. The molecule has 0 saturated carbocycles. The van der Waals surface area contributed by atoms with E-state index in [1.807, 2.05) is 6.92 Å². The van der Waals surface area contributed by atoms with Crippen LogP contribution >= 0.6 is 0 Å². The normalized spacial score (nSPS) is 12.3. The van der Waals surface area contributed by atoms with E-state index in [9.17, 15) is 43.1 Å². The van der Waals surface area contributed by atoms with Gasteiger partial charge in [-0.05, 0) is 56.2 Å². The Hall–Kier alpha value is -6.46. The maximum absolute atomic E-state index is 14.6. The van der Waals surface area contributed by atoms with Crippen LogP contribution < -0.4 is 25.4 Å². The van der Waals surface area contributed by atoms with E-state index in [0.29, 0.717) is 23.5 Å². The fourth-order valence-corrected chi connectivity index (χ4v) is 5.65. The van der Waals surface area contributed by atoms with Gasteiger partial charge in [-0.2, -0.15) is 5.06 Å². The molecule has 18 heteroatoms. The summed E-state index contributed by atoms with van der Waals surface area (Å²) in [5.41, 5.74) is -0.122. The molecule has 17 nitrogen and oxygen atoms in total. The molecule has 3 aromatic rings. The van der Waals surface area contributed by atoms with Crippen molar-refractivity contribution in [3.05, 3.63) is 71.2 Å². The number of methoxy groups -OCH3 is 1. The summed E-state index contributed by atoms with van der Waals surface area (Å²) in [6, 6.07) is 7.97. The van der Waals surface area contributed by atoms with Crippen LogP contribution in [0.3, 0.4) is 0 Å². The van der Waals surface area contributed by atoms with Gasteiger partial charge < -0.3 is 44.9 Å². The molecule has 0 spiro atoms. The lowest BCUT2D eigenvalue weighted by Gasteiger charge is -2.31. The van der Waals surface area contributed by atoms with Crippen LogP contribution in [0.1, 0.15) is 90.6 Å². The zero-order valence-electron chi connectivity index (χ0n) is 31.3. The molecule has 0 bridgehead atoms. The smallest absolute Gasteiger partial charge is 0.366 e. The number of carboxylic acid groups (broad SMARTS) is 2. The second-order valence-corrected chi connectivity index (χ2v) is 12.3. The lowest BCUT2D eigenvalue weighted by atomic mass is 9.90. The van der Waals surface area contributed by atoms with Gasteiger partial charge in [-0.1, -0.05) is 39.2 Å². The number of carboxylic acids is 2. The summed E-state index contributed by atoms with van der Waals surface area (Å²) >= 11 is 0. The first-order valence-corrected chi connectivity index (χ1v) is 17.8. The molecular weight excluding hydrogens is 739 g/mol. The number of nitrogens with one attached hydrogen (secondary N) is 3. The molecule has 3 rings (SSSR count). The fraction of sp³-hybridized carbons (Fsp3) is 0.395. The van der Waals surface area contributed by atoms with Crippen molar-refractivity contribution in [2.24, 2.45) is 5.92 Å². The maximum Gasteiger partial charge on any atom is 0.366 e. The van der Waals surface area contributed by atoms with Crippen molar-refractivity contribution in [1.82, 2.24) is 21.0 Å². The first kappa shape index (κ1) is 43.9. The van der Waals surface area contributed by atoms with E-state index in [2.05, 4.69) is 16.0 Å². The number of aliphatic carboxylic acids is 2. The summed E-state index contributed by atoms with van der Waals surface area (Å²) in [5.74, 6) is -7.74. The van der Waals surface area contributed by atoms with Gasteiger partial charge in [0.05, 0.1) is 49.9 Å². The van der Waals surface area contributed by atoms with E-state index >= 15 is 0 Å². The number of hydrogen-bond donors (Lipinski definition) is 5. The first-order chi connectivity index (χ1) is 26.8. The van der Waals surface area contributed by atoms with Crippen molar-refractivity contribution in [3.63, 3.8) is 0 Å². The number of halogens is 1. The number of ether oxygens (including phenoxy) is 2. The van der Waals surface area contributed by atoms with Gasteiger partial charge in [0.15, 0.2) is 5.76 Å². The van der Waals surface area contributed by atoms with Crippen molar-refractivity contribution < 1.29 is 66.9 Å². The predicted octanol–water partition coefficient (Wildman–Crippen LogP) is 4.16. The monoisotopic (exact) mass is 784 g/mol. The Kier molecular flexibility index (Phi) is 16.8. The van der Waals surface area contributed by atoms with Gasteiger partial charge in [0.25, 0.3) is 11.8 Å². The molecule has 0 fully saturated rings. The van der Waals surface area contributed by atoms with Crippen LogP contribution in [0.4, 0.5) is 4.39 Å². The highest BCUT2D eigenvalue weighted by Gasteiger charge is 2.34. The van der Waals surface area contributed by atoms with Crippen molar-refractivity contribution in [2.45, 2.75) is 71.4 Å². The summed E-state index contributed by atoms with van der Waals surface area (Å²) < 4.78 is 30.8. The molecular formula is C38H45FN4O13. The lowest BCUT2D eigenvalue weighted by molar-refractivity contribution is -0.171. The topological polar surface area (TPSA) is 240 Å². The van der Waals surface area contributed by atoms with Crippen LogP contribution in [0, 0.1) is 11.7 Å². The van der Waals surface area contributed by atoms with E-state index in [1.54, 1.807) is 13.8 Å². The minimum atomic E-state index is -1.68. The number of hydroxylamine groups is 2. The van der Waals surface area contributed by atoms with E-state index in [0.717, 1.165) is 25.0 Å². The Bertz CT molecular complexity index is 1880. The second kappa shape index (κ2) is 21.4. The van der Waals surface area contributed by atoms with Crippen LogP contribution in [-0.4, -0.2) is 89.8 Å². The summed E-state index contributed by atoms with van der Waals surface area (Å²) in [6.45, 7) is 5.10. The highest BCUT2D eigenvalue weighted by molar-refractivity contribution is 6.00. The number of amides is 4. The third-order valence-corrected chi connectivity index (χ3v) is 8.49. The van der Waals surface area contributed by atoms with Crippen LogP contribution in [-0.2, 0) is 24.0 Å². The largest absolute Gasteiger partial charge is 0.497 e. The highest BCUT2D eigenvalue weighted by atomic mass is 19.1. The lowest BCUT2D eigenvalue weighted by Crippen LogP contribution is -2.49. The minimum absolute atomic E-state index is 0.0433. The van der Waals surface area contributed by atoms with Gasteiger partial charge in [0.1, 0.15) is 29.1 Å². The number of rotatable bonds is 23. The summed E-state index contributed by atoms with van der Waals surface area (Å²) in [4.78, 5) is 92.1. The van der Waals surface area contributed by atoms with Crippen molar-refractivity contribution in [3.8, 4) is 22.8 Å². The van der Waals surface area contributed by atoms with E-state index in [4.69, 9.17) is 23.8 Å². The number of furan rings is 1. The van der Waals surface area contributed by atoms with Gasteiger partial charge in [-0.25, -0.2) is 14.0 Å². The van der Waals surface area contributed by atoms with E-state index in [-0.39, 0.29) is 54.7 Å². The number of benzene rings is 2. The molecule has 56 heavy (non-hydrogen) atoms. The van der Waals surface area contributed by atoms with Crippen LogP contribution in [0.15, 0.2) is 52.9 Å². The summed E-state index contributed by atoms with van der Waals surface area (Å²) in [7, 11) is 1.33. The molecule has 0 radical (unpaired) electrons. The molecule has 0 aliphatic heterocycles. The van der Waals surface area contributed by atoms with Crippen LogP contribution in [0.25, 0.3) is 11.3 Å². The Morgan fingerprint density at radius 1 is 0.929 bits per heavy atom. The number of nitrogens with zero attached hydrogens (tertiary/aromatic N) is 1. The Balaban J connectivity index is 1.70. The number of carbonyl (C=O) groups excluding carboxylic acids is 5. The number of unbranched alkanes of at least 4 members (excludes halogenated alkanes) is 2. The third-order valence-electron chi connectivity index (χ3n) is 8.49. The molecule has 1 heterocycles. The first-order valence-electron chi connectivity index (χ1n) is 17.8. The predicted molar refractivity (Wildman–Crippen MR) is 195 cm³/mol. The molecule has 5 N–H and O–H groups in total. The van der Waals surface area contributed by atoms with Gasteiger partial charge in [0.2, 0.25) is 12.3 Å². The number of carbonyl (C=O) groups is 7. The fourth-order valence-electron chi connectivity index (χ4n) is 5.65.